The number of rotatable bonds is 6. The largest absolute Gasteiger partial charge is 0.508 e. The van der Waals surface area contributed by atoms with Crippen molar-refractivity contribution in [1.82, 2.24) is 20.1 Å². The standard InChI is InChI=1S/C13H18N4O2/c1-3-17-9-15-16-13(17)8-14-7-10-6-11(19-2)4-5-12(10)18/h4-6,9,14,18H,3,7-8H2,1-2H3. The average molecular weight is 262 g/mol. The summed E-state index contributed by atoms with van der Waals surface area (Å²) >= 11 is 0. The smallest absolute Gasteiger partial charge is 0.146 e. The van der Waals surface area contributed by atoms with Crippen molar-refractivity contribution < 1.29 is 9.84 Å². The molecule has 102 valence electrons. The second kappa shape index (κ2) is 6.19. The Hall–Kier alpha value is -2.08. The van der Waals surface area contributed by atoms with Crippen molar-refractivity contribution >= 4 is 0 Å². The molecule has 0 aliphatic rings. The molecule has 0 spiro atoms. The SMILES string of the molecule is CCn1cnnc1CNCc1cc(OC)ccc1O. The zero-order valence-corrected chi connectivity index (χ0v) is 11.1. The number of aromatic nitrogens is 3. The second-order valence-electron chi connectivity index (χ2n) is 4.13. The van der Waals surface area contributed by atoms with Crippen LogP contribution in [0.25, 0.3) is 0 Å². The van der Waals surface area contributed by atoms with Crippen molar-refractivity contribution in [1.29, 1.82) is 0 Å². The van der Waals surface area contributed by atoms with Gasteiger partial charge >= 0.3 is 0 Å². The van der Waals surface area contributed by atoms with Gasteiger partial charge in [0, 0.05) is 18.7 Å². The zero-order valence-electron chi connectivity index (χ0n) is 11.1. The van der Waals surface area contributed by atoms with Crippen LogP contribution in [0.15, 0.2) is 24.5 Å². The number of ether oxygens (including phenoxy) is 1. The van der Waals surface area contributed by atoms with Gasteiger partial charge in [-0.3, -0.25) is 0 Å². The monoisotopic (exact) mass is 262 g/mol. The molecule has 2 aromatic rings. The fourth-order valence-electron chi connectivity index (χ4n) is 1.82. The van der Waals surface area contributed by atoms with Crippen LogP contribution in [0, 0.1) is 0 Å². The Bertz CT molecular complexity index is 539. The van der Waals surface area contributed by atoms with E-state index in [-0.39, 0.29) is 5.75 Å². The summed E-state index contributed by atoms with van der Waals surface area (Å²) in [5.74, 6) is 1.86. The molecule has 0 bridgehead atoms. The van der Waals surface area contributed by atoms with Crippen LogP contribution in [0.4, 0.5) is 0 Å². The lowest BCUT2D eigenvalue weighted by atomic mass is 10.2. The highest BCUT2D eigenvalue weighted by Gasteiger charge is 2.05. The molecule has 6 nitrogen and oxygen atoms in total. The van der Waals surface area contributed by atoms with Crippen LogP contribution in [0.5, 0.6) is 11.5 Å². The Kier molecular flexibility index (Phi) is 4.35. The van der Waals surface area contributed by atoms with E-state index in [0.717, 1.165) is 23.7 Å². The van der Waals surface area contributed by atoms with Gasteiger partial charge in [0.05, 0.1) is 13.7 Å². The van der Waals surface area contributed by atoms with E-state index < -0.39 is 0 Å². The normalized spacial score (nSPS) is 10.6. The van der Waals surface area contributed by atoms with Gasteiger partial charge in [-0.2, -0.15) is 0 Å². The van der Waals surface area contributed by atoms with Crippen molar-refractivity contribution in [3.8, 4) is 11.5 Å². The first-order valence-electron chi connectivity index (χ1n) is 6.18. The second-order valence-corrected chi connectivity index (χ2v) is 4.13. The summed E-state index contributed by atoms with van der Waals surface area (Å²) in [5.41, 5.74) is 0.793. The van der Waals surface area contributed by atoms with Crippen LogP contribution in [0.3, 0.4) is 0 Å². The summed E-state index contributed by atoms with van der Waals surface area (Å²) in [7, 11) is 1.60. The van der Waals surface area contributed by atoms with E-state index in [1.54, 1.807) is 25.6 Å². The highest BCUT2D eigenvalue weighted by molar-refractivity contribution is 5.39. The number of nitrogens with zero attached hydrogens (tertiary/aromatic N) is 3. The molecular formula is C13H18N4O2. The molecule has 2 N–H and O–H groups in total. The highest BCUT2D eigenvalue weighted by Crippen LogP contribution is 2.22. The van der Waals surface area contributed by atoms with Gasteiger partial charge in [-0.15, -0.1) is 10.2 Å². The Morgan fingerprint density at radius 3 is 2.95 bits per heavy atom. The van der Waals surface area contributed by atoms with Gasteiger partial charge in [0.15, 0.2) is 0 Å². The quantitative estimate of drug-likeness (QED) is 0.821. The molecule has 2 rings (SSSR count). The number of phenolic OH excluding ortho intramolecular Hbond substituents is 1. The molecule has 0 radical (unpaired) electrons. The molecule has 0 unspecified atom stereocenters. The minimum absolute atomic E-state index is 0.255. The molecule has 6 heteroatoms. The minimum atomic E-state index is 0.255. The summed E-state index contributed by atoms with van der Waals surface area (Å²) in [6.07, 6.45) is 1.71. The fourth-order valence-corrected chi connectivity index (χ4v) is 1.82. The van der Waals surface area contributed by atoms with E-state index in [9.17, 15) is 5.11 Å². The number of hydrogen-bond acceptors (Lipinski definition) is 5. The summed E-state index contributed by atoms with van der Waals surface area (Å²) in [6.45, 7) is 4.03. The first-order chi connectivity index (χ1) is 9.24. The molecule has 0 saturated heterocycles. The van der Waals surface area contributed by atoms with E-state index >= 15 is 0 Å². The molecule has 19 heavy (non-hydrogen) atoms. The Balaban J connectivity index is 1.95. The van der Waals surface area contributed by atoms with Crippen molar-refractivity contribution in [2.45, 2.75) is 26.6 Å². The Morgan fingerprint density at radius 2 is 2.21 bits per heavy atom. The molecule has 1 heterocycles. The van der Waals surface area contributed by atoms with Gasteiger partial charge < -0.3 is 19.7 Å². The van der Waals surface area contributed by atoms with E-state index in [0.29, 0.717) is 13.1 Å². The zero-order chi connectivity index (χ0) is 13.7. The van der Waals surface area contributed by atoms with Gasteiger partial charge in [-0.25, -0.2) is 0 Å². The molecule has 1 aromatic heterocycles. The first-order valence-corrected chi connectivity index (χ1v) is 6.18. The van der Waals surface area contributed by atoms with Crippen LogP contribution in [-0.4, -0.2) is 27.0 Å². The van der Waals surface area contributed by atoms with Crippen molar-refractivity contribution in [3.05, 3.63) is 35.9 Å². The van der Waals surface area contributed by atoms with Gasteiger partial charge in [-0.05, 0) is 25.1 Å². The molecule has 0 amide bonds. The van der Waals surface area contributed by atoms with Gasteiger partial charge in [0.25, 0.3) is 0 Å². The van der Waals surface area contributed by atoms with E-state index in [1.165, 1.54) is 0 Å². The molecule has 0 aliphatic heterocycles. The third-order valence-electron chi connectivity index (χ3n) is 2.92. The third kappa shape index (κ3) is 3.23. The number of aromatic hydroxyl groups is 1. The number of methoxy groups -OCH3 is 1. The number of aryl methyl sites for hydroxylation is 1. The Morgan fingerprint density at radius 1 is 1.37 bits per heavy atom. The van der Waals surface area contributed by atoms with Gasteiger partial charge in [0.1, 0.15) is 23.7 Å². The van der Waals surface area contributed by atoms with Crippen molar-refractivity contribution in [2.24, 2.45) is 0 Å². The molecular weight excluding hydrogens is 244 g/mol. The lowest BCUT2D eigenvalue weighted by molar-refractivity contribution is 0.410. The van der Waals surface area contributed by atoms with Crippen molar-refractivity contribution in [3.63, 3.8) is 0 Å². The minimum Gasteiger partial charge on any atom is -0.508 e. The van der Waals surface area contributed by atoms with Crippen LogP contribution >= 0.6 is 0 Å². The maximum Gasteiger partial charge on any atom is 0.146 e. The predicted octanol–water partition coefficient (Wildman–Crippen LogP) is 1.30. The maximum atomic E-state index is 9.76. The van der Waals surface area contributed by atoms with Gasteiger partial charge in [-0.1, -0.05) is 0 Å². The van der Waals surface area contributed by atoms with Crippen LogP contribution in [-0.2, 0) is 19.6 Å². The molecule has 0 saturated carbocycles. The van der Waals surface area contributed by atoms with E-state index in [2.05, 4.69) is 15.5 Å². The number of benzene rings is 1. The first kappa shape index (κ1) is 13.4. The summed E-state index contributed by atoms with van der Waals surface area (Å²) < 4.78 is 7.10. The topological polar surface area (TPSA) is 72.2 Å². The number of phenols is 1. The lowest BCUT2D eigenvalue weighted by Crippen LogP contribution is -2.16. The molecule has 0 fully saturated rings. The summed E-state index contributed by atoms with van der Waals surface area (Å²) in [5, 5.41) is 20.9. The third-order valence-corrected chi connectivity index (χ3v) is 2.92. The average Bonchev–Trinajstić information content (AvgIpc) is 2.88. The van der Waals surface area contributed by atoms with Crippen LogP contribution in [0.2, 0.25) is 0 Å². The van der Waals surface area contributed by atoms with E-state index in [1.807, 2.05) is 17.6 Å². The number of hydrogen-bond donors (Lipinski definition) is 2. The molecule has 1 aromatic carbocycles. The van der Waals surface area contributed by atoms with Crippen LogP contribution in [0.1, 0.15) is 18.3 Å². The summed E-state index contributed by atoms with van der Waals surface area (Å²) in [6, 6.07) is 5.17. The molecule has 0 aliphatic carbocycles. The summed E-state index contributed by atoms with van der Waals surface area (Å²) in [4.78, 5) is 0. The maximum absolute atomic E-state index is 9.76. The van der Waals surface area contributed by atoms with Crippen molar-refractivity contribution in [2.75, 3.05) is 7.11 Å². The fraction of sp³-hybridized carbons (Fsp3) is 0.385. The molecule has 0 atom stereocenters. The Labute approximate surface area is 112 Å². The predicted molar refractivity (Wildman–Crippen MR) is 70.9 cm³/mol. The highest BCUT2D eigenvalue weighted by atomic mass is 16.5. The van der Waals surface area contributed by atoms with Crippen LogP contribution < -0.4 is 10.1 Å². The number of nitrogens with one attached hydrogen (secondary N) is 1. The van der Waals surface area contributed by atoms with E-state index in [4.69, 9.17) is 4.74 Å². The van der Waals surface area contributed by atoms with Gasteiger partial charge in [0.2, 0.25) is 0 Å². The lowest BCUT2D eigenvalue weighted by Gasteiger charge is -2.09.